The highest BCUT2D eigenvalue weighted by Gasteiger charge is 2.49. The molecule has 0 amide bonds. The summed E-state index contributed by atoms with van der Waals surface area (Å²) in [6.45, 7) is 6.10. The summed E-state index contributed by atoms with van der Waals surface area (Å²) in [5.41, 5.74) is 1.99. The van der Waals surface area contributed by atoms with Crippen LogP contribution in [0.5, 0.6) is 0 Å². The summed E-state index contributed by atoms with van der Waals surface area (Å²) in [7, 11) is 0. The van der Waals surface area contributed by atoms with E-state index < -0.39 is 12.1 Å². The van der Waals surface area contributed by atoms with Gasteiger partial charge in [0.2, 0.25) is 0 Å². The molecule has 4 atom stereocenters. The van der Waals surface area contributed by atoms with E-state index in [4.69, 9.17) is 0 Å². The number of carbonyl (C=O) groups is 1. The first-order chi connectivity index (χ1) is 8.36. The number of aliphatic hydroxyl groups is 1. The second kappa shape index (κ2) is 4.54. The zero-order chi connectivity index (χ0) is 13.5. The van der Waals surface area contributed by atoms with Crippen molar-refractivity contribution in [3.63, 3.8) is 0 Å². The van der Waals surface area contributed by atoms with Gasteiger partial charge in [0.25, 0.3) is 0 Å². The fourth-order valence-corrected chi connectivity index (χ4v) is 3.32. The third-order valence-corrected chi connectivity index (χ3v) is 4.92. The second-order valence-corrected chi connectivity index (χ2v) is 6.01. The number of carboxylic acids is 1. The predicted octanol–water partition coefficient (Wildman–Crippen LogP) is 2.76. The first kappa shape index (κ1) is 13.3. The van der Waals surface area contributed by atoms with Crippen LogP contribution < -0.4 is 0 Å². The van der Waals surface area contributed by atoms with Gasteiger partial charge in [0.1, 0.15) is 0 Å². The average molecular weight is 250 g/mol. The number of hydrogen-bond donors (Lipinski definition) is 2. The highest BCUT2D eigenvalue weighted by Crippen LogP contribution is 2.50. The van der Waals surface area contributed by atoms with E-state index in [0.29, 0.717) is 12.8 Å². The summed E-state index contributed by atoms with van der Waals surface area (Å²) in [5.74, 6) is -1.18. The Morgan fingerprint density at radius 2 is 2.00 bits per heavy atom. The van der Waals surface area contributed by atoms with E-state index in [0.717, 1.165) is 12.0 Å². The first-order valence-corrected chi connectivity index (χ1v) is 6.62. The maximum Gasteiger partial charge on any atom is 0.307 e. The fourth-order valence-electron chi connectivity index (χ4n) is 3.32. The Hall–Kier alpha value is -1.09. The van der Waals surface area contributed by atoms with E-state index in [-0.39, 0.29) is 17.3 Å². The normalized spacial score (nSPS) is 40.3. The van der Waals surface area contributed by atoms with Crippen LogP contribution >= 0.6 is 0 Å². The molecule has 100 valence electrons. The van der Waals surface area contributed by atoms with Crippen LogP contribution in [0.1, 0.15) is 40.0 Å². The van der Waals surface area contributed by atoms with Gasteiger partial charge >= 0.3 is 5.97 Å². The van der Waals surface area contributed by atoms with Gasteiger partial charge in [-0.2, -0.15) is 0 Å². The van der Waals surface area contributed by atoms with E-state index in [9.17, 15) is 15.0 Å². The summed E-state index contributed by atoms with van der Waals surface area (Å²) in [6, 6.07) is 0. The number of fused-ring (bicyclic) bond motifs is 1. The first-order valence-electron chi connectivity index (χ1n) is 6.62. The predicted molar refractivity (Wildman–Crippen MR) is 70.1 cm³/mol. The molecule has 0 aromatic carbocycles. The van der Waals surface area contributed by atoms with E-state index >= 15 is 0 Å². The largest absolute Gasteiger partial charge is 0.481 e. The van der Waals surface area contributed by atoms with Gasteiger partial charge in [0, 0.05) is 5.41 Å². The fraction of sp³-hybridized carbons (Fsp3) is 0.667. The topological polar surface area (TPSA) is 57.5 Å². The van der Waals surface area contributed by atoms with Gasteiger partial charge in [-0.25, -0.2) is 0 Å². The Morgan fingerprint density at radius 1 is 1.33 bits per heavy atom. The molecule has 0 aromatic rings. The number of carboxylic acid groups (broad SMARTS) is 1. The summed E-state index contributed by atoms with van der Waals surface area (Å²) in [6.07, 6.45) is 5.70. The zero-order valence-corrected chi connectivity index (χ0v) is 11.3. The Balaban J connectivity index is 2.46. The van der Waals surface area contributed by atoms with Gasteiger partial charge in [-0.05, 0) is 39.0 Å². The monoisotopic (exact) mass is 250 g/mol. The van der Waals surface area contributed by atoms with Crippen molar-refractivity contribution < 1.29 is 15.0 Å². The van der Waals surface area contributed by atoms with Crippen LogP contribution in [0, 0.1) is 17.3 Å². The van der Waals surface area contributed by atoms with Crippen molar-refractivity contribution in [3.8, 4) is 0 Å². The van der Waals surface area contributed by atoms with Gasteiger partial charge in [-0.1, -0.05) is 30.2 Å². The smallest absolute Gasteiger partial charge is 0.307 e. The molecule has 0 aliphatic heterocycles. The molecular weight excluding hydrogens is 228 g/mol. The average Bonchev–Trinajstić information content (AvgIpc) is 2.42. The summed E-state index contributed by atoms with van der Waals surface area (Å²) in [5, 5.41) is 19.7. The molecule has 0 heterocycles. The van der Waals surface area contributed by atoms with Crippen molar-refractivity contribution in [1.29, 1.82) is 0 Å². The van der Waals surface area contributed by atoms with E-state index in [1.54, 1.807) is 0 Å². The Bertz CT molecular complexity index is 421. The molecule has 3 nitrogen and oxygen atoms in total. The number of rotatable bonds is 1. The summed E-state index contributed by atoms with van der Waals surface area (Å²) >= 11 is 0. The number of aliphatic carboxylic acids is 1. The van der Waals surface area contributed by atoms with E-state index in [1.807, 2.05) is 13.8 Å². The Labute approximate surface area is 108 Å². The standard InChI is InChI=1S/C15H22O3/c1-9-6-7-15(3)12(8-10(9)2)11(14(17)18)4-5-13(15)16/h6,8,11-13,16H,4-5,7H2,1-3H3,(H,17,18)/t11-,12+,13-,15-/m1/s1. The molecule has 2 aliphatic carbocycles. The highest BCUT2D eigenvalue weighted by molar-refractivity contribution is 5.71. The molecule has 0 saturated heterocycles. The molecule has 2 N–H and O–H groups in total. The van der Waals surface area contributed by atoms with Crippen molar-refractivity contribution in [1.82, 2.24) is 0 Å². The summed E-state index contributed by atoms with van der Waals surface area (Å²) in [4.78, 5) is 11.4. The van der Waals surface area contributed by atoms with Crippen molar-refractivity contribution >= 4 is 5.97 Å². The molecule has 0 bridgehead atoms. The molecule has 0 radical (unpaired) electrons. The van der Waals surface area contributed by atoms with Crippen LogP contribution in [-0.4, -0.2) is 22.3 Å². The number of allylic oxidation sites excluding steroid dienone is 4. The SMILES string of the molecule is CC1=CC[C@@]2(C)[C@H](O)CC[C@@H](C(=O)O)[C@@H]2C=C1C. The third kappa shape index (κ3) is 2.01. The Kier molecular flexibility index (Phi) is 3.37. The lowest BCUT2D eigenvalue weighted by molar-refractivity contribution is -0.150. The minimum atomic E-state index is -0.735. The van der Waals surface area contributed by atoms with Crippen LogP contribution in [-0.2, 0) is 4.79 Å². The van der Waals surface area contributed by atoms with Crippen LogP contribution in [0.3, 0.4) is 0 Å². The highest BCUT2D eigenvalue weighted by atomic mass is 16.4. The van der Waals surface area contributed by atoms with Crippen molar-refractivity contribution in [2.24, 2.45) is 17.3 Å². The molecule has 2 aliphatic rings. The van der Waals surface area contributed by atoms with Crippen molar-refractivity contribution in [2.45, 2.75) is 46.1 Å². The quantitative estimate of drug-likeness (QED) is 0.752. The third-order valence-electron chi connectivity index (χ3n) is 4.92. The van der Waals surface area contributed by atoms with Crippen molar-refractivity contribution in [2.75, 3.05) is 0 Å². The van der Waals surface area contributed by atoms with E-state index in [1.165, 1.54) is 5.57 Å². The van der Waals surface area contributed by atoms with Crippen LogP contribution in [0.2, 0.25) is 0 Å². The summed E-state index contributed by atoms with van der Waals surface area (Å²) < 4.78 is 0. The van der Waals surface area contributed by atoms with E-state index in [2.05, 4.69) is 19.1 Å². The molecular formula is C15H22O3. The lowest BCUT2D eigenvalue weighted by atomic mass is 9.59. The number of aliphatic hydroxyl groups excluding tert-OH is 1. The van der Waals surface area contributed by atoms with Gasteiger partial charge in [0.15, 0.2) is 0 Å². The molecule has 3 heteroatoms. The minimum absolute atomic E-state index is 0.0764. The maximum atomic E-state index is 11.4. The molecule has 0 unspecified atom stereocenters. The van der Waals surface area contributed by atoms with Gasteiger partial charge < -0.3 is 10.2 Å². The molecule has 2 rings (SSSR count). The number of hydrogen-bond acceptors (Lipinski definition) is 2. The molecule has 0 spiro atoms. The zero-order valence-electron chi connectivity index (χ0n) is 11.3. The van der Waals surface area contributed by atoms with Gasteiger partial charge in [0.05, 0.1) is 12.0 Å². The van der Waals surface area contributed by atoms with Gasteiger partial charge in [-0.3, -0.25) is 4.79 Å². The van der Waals surface area contributed by atoms with Crippen LogP contribution in [0.4, 0.5) is 0 Å². The maximum absolute atomic E-state index is 11.4. The van der Waals surface area contributed by atoms with Crippen LogP contribution in [0.25, 0.3) is 0 Å². The van der Waals surface area contributed by atoms with Crippen LogP contribution in [0.15, 0.2) is 23.3 Å². The van der Waals surface area contributed by atoms with Gasteiger partial charge in [-0.15, -0.1) is 0 Å². The lowest BCUT2D eigenvalue weighted by Crippen LogP contribution is -2.47. The molecule has 0 aromatic heterocycles. The second-order valence-electron chi connectivity index (χ2n) is 6.01. The Morgan fingerprint density at radius 3 is 2.61 bits per heavy atom. The molecule has 18 heavy (non-hydrogen) atoms. The molecule has 1 saturated carbocycles. The van der Waals surface area contributed by atoms with Crippen molar-refractivity contribution in [3.05, 3.63) is 23.3 Å². The lowest BCUT2D eigenvalue weighted by Gasteiger charge is -2.46. The molecule has 1 fully saturated rings. The minimum Gasteiger partial charge on any atom is -0.481 e.